The molecule has 0 aliphatic rings. The zero-order valence-electron chi connectivity index (χ0n) is 11.1. The average Bonchev–Trinajstić information content (AvgIpc) is 2.50. The lowest BCUT2D eigenvalue weighted by atomic mass is 9.97. The highest BCUT2D eigenvalue weighted by molar-refractivity contribution is 6.30. The molecule has 0 bridgehead atoms. The van der Waals surface area contributed by atoms with Gasteiger partial charge in [0.25, 0.3) is 0 Å². The third-order valence-electron chi connectivity index (χ3n) is 3.40. The molecule has 3 rings (SSSR count). The fraction of sp³-hybridized carbons (Fsp3) is 0.0625. The van der Waals surface area contributed by atoms with Crippen molar-refractivity contribution in [2.75, 3.05) is 0 Å². The molecule has 2 aromatic carbocycles. The first-order valence-electron chi connectivity index (χ1n) is 6.45. The number of halogens is 2. The molecule has 106 valence electrons. The van der Waals surface area contributed by atoms with Crippen molar-refractivity contribution in [2.24, 2.45) is 5.84 Å². The van der Waals surface area contributed by atoms with E-state index in [0.717, 1.165) is 16.5 Å². The number of pyridine rings is 1. The highest BCUT2D eigenvalue weighted by Gasteiger charge is 2.17. The SMILES string of the molecule is NNC(c1ccc2ncccc2c1)c1ccc(Cl)cc1F. The van der Waals surface area contributed by atoms with Crippen molar-refractivity contribution in [3.63, 3.8) is 0 Å². The Labute approximate surface area is 126 Å². The van der Waals surface area contributed by atoms with Gasteiger partial charge in [-0.1, -0.05) is 29.8 Å². The number of rotatable bonds is 3. The summed E-state index contributed by atoms with van der Waals surface area (Å²) in [7, 11) is 0. The normalized spacial score (nSPS) is 12.5. The van der Waals surface area contributed by atoms with E-state index in [0.29, 0.717) is 10.6 Å². The molecule has 0 saturated carbocycles. The van der Waals surface area contributed by atoms with E-state index in [2.05, 4.69) is 10.4 Å². The summed E-state index contributed by atoms with van der Waals surface area (Å²) < 4.78 is 14.1. The molecule has 3 aromatic rings. The van der Waals surface area contributed by atoms with Crippen molar-refractivity contribution in [3.8, 4) is 0 Å². The van der Waals surface area contributed by atoms with Gasteiger partial charge in [-0.3, -0.25) is 10.8 Å². The van der Waals surface area contributed by atoms with Crippen molar-refractivity contribution in [1.29, 1.82) is 0 Å². The predicted molar refractivity (Wildman–Crippen MR) is 82.3 cm³/mol. The molecule has 0 aliphatic carbocycles. The van der Waals surface area contributed by atoms with Gasteiger partial charge in [0.1, 0.15) is 5.82 Å². The van der Waals surface area contributed by atoms with E-state index in [-0.39, 0.29) is 0 Å². The maximum atomic E-state index is 14.1. The first-order valence-corrected chi connectivity index (χ1v) is 6.82. The number of hydrazine groups is 1. The summed E-state index contributed by atoms with van der Waals surface area (Å²) in [6.07, 6.45) is 1.74. The van der Waals surface area contributed by atoms with Crippen molar-refractivity contribution in [2.45, 2.75) is 6.04 Å². The Morgan fingerprint density at radius 1 is 1.14 bits per heavy atom. The number of benzene rings is 2. The number of aromatic nitrogens is 1. The van der Waals surface area contributed by atoms with Crippen LogP contribution in [0.25, 0.3) is 10.9 Å². The maximum Gasteiger partial charge on any atom is 0.129 e. The van der Waals surface area contributed by atoms with Crippen LogP contribution in [-0.2, 0) is 0 Å². The molecule has 0 saturated heterocycles. The predicted octanol–water partition coefficient (Wildman–Crippen LogP) is 3.58. The third-order valence-corrected chi connectivity index (χ3v) is 3.64. The van der Waals surface area contributed by atoms with Gasteiger partial charge in [0.2, 0.25) is 0 Å². The molecule has 21 heavy (non-hydrogen) atoms. The Balaban J connectivity index is 2.09. The van der Waals surface area contributed by atoms with Crippen LogP contribution in [0.15, 0.2) is 54.7 Å². The Hall–Kier alpha value is -2.01. The molecule has 1 atom stereocenters. The smallest absolute Gasteiger partial charge is 0.129 e. The number of nitrogens with one attached hydrogen (secondary N) is 1. The summed E-state index contributed by atoms with van der Waals surface area (Å²) in [6, 6.07) is 13.6. The number of nitrogens with two attached hydrogens (primary N) is 1. The summed E-state index contributed by atoms with van der Waals surface area (Å²) >= 11 is 5.79. The van der Waals surface area contributed by atoms with Gasteiger partial charge >= 0.3 is 0 Å². The van der Waals surface area contributed by atoms with Gasteiger partial charge in [0.05, 0.1) is 11.6 Å². The summed E-state index contributed by atoms with van der Waals surface area (Å²) in [4.78, 5) is 4.27. The van der Waals surface area contributed by atoms with Crippen molar-refractivity contribution in [3.05, 3.63) is 76.7 Å². The van der Waals surface area contributed by atoms with Crippen LogP contribution in [-0.4, -0.2) is 4.98 Å². The zero-order chi connectivity index (χ0) is 14.8. The Morgan fingerprint density at radius 3 is 2.76 bits per heavy atom. The first-order chi connectivity index (χ1) is 10.2. The van der Waals surface area contributed by atoms with Gasteiger partial charge in [-0.25, -0.2) is 9.82 Å². The Morgan fingerprint density at radius 2 is 2.00 bits per heavy atom. The number of nitrogens with zero attached hydrogens (tertiary/aromatic N) is 1. The van der Waals surface area contributed by atoms with Gasteiger partial charge in [0.15, 0.2) is 0 Å². The van der Waals surface area contributed by atoms with Crippen LogP contribution in [0.2, 0.25) is 5.02 Å². The van der Waals surface area contributed by atoms with E-state index in [9.17, 15) is 4.39 Å². The van der Waals surface area contributed by atoms with Crippen molar-refractivity contribution >= 4 is 22.5 Å². The topological polar surface area (TPSA) is 50.9 Å². The Kier molecular flexibility index (Phi) is 3.84. The molecule has 1 aromatic heterocycles. The second-order valence-corrected chi connectivity index (χ2v) is 5.16. The molecule has 0 fully saturated rings. The van der Waals surface area contributed by atoms with Gasteiger partial charge in [-0.05, 0) is 35.9 Å². The largest absolute Gasteiger partial charge is 0.271 e. The summed E-state index contributed by atoms with van der Waals surface area (Å²) in [5.74, 6) is 5.23. The van der Waals surface area contributed by atoms with Gasteiger partial charge in [-0.2, -0.15) is 0 Å². The van der Waals surface area contributed by atoms with Crippen LogP contribution in [0.1, 0.15) is 17.2 Å². The van der Waals surface area contributed by atoms with Crippen LogP contribution in [0, 0.1) is 5.82 Å². The highest BCUT2D eigenvalue weighted by atomic mass is 35.5. The lowest BCUT2D eigenvalue weighted by Crippen LogP contribution is -2.29. The summed E-state index contributed by atoms with van der Waals surface area (Å²) in [6.45, 7) is 0. The quantitative estimate of drug-likeness (QED) is 0.574. The molecule has 0 aliphatic heterocycles. The monoisotopic (exact) mass is 301 g/mol. The Bertz CT molecular complexity index is 791. The van der Waals surface area contributed by atoms with E-state index in [1.165, 1.54) is 6.07 Å². The third kappa shape index (κ3) is 2.74. The van der Waals surface area contributed by atoms with E-state index in [4.69, 9.17) is 17.4 Å². The minimum absolute atomic E-state index is 0.356. The second kappa shape index (κ2) is 5.77. The lowest BCUT2D eigenvalue weighted by Gasteiger charge is -2.18. The van der Waals surface area contributed by atoms with E-state index in [1.807, 2.05) is 30.3 Å². The molecular weight excluding hydrogens is 289 g/mol. The highest BCUT2D eigenvalue weighted by Crippen LogP contribution is 2.27. The minimum Gasteiger partial charge on any atom is -0.271 e. The standard InChI is InChI=1S/C16H13ClFN3/c17-12-4-5-13(14(18)9-12)16(21-19)11-3-6-15-10(8-11)2-1-7-20-15/h1-9,16,21H,19H2. The molecule has 0 radical (unpaired) electrons. The molecule has 5 heteroatoms. The first kappa shape index (κ1) is 13.9. The average molecular weight is 302 g/mol. The van der Waals surface area contributed by atoms with Crippen molar-refractivity contribution in [1.82, 2.24) is 10.4 Å². The van der Waals surface area contributed by atoms with E-state index >= 15 is 0 Å². The summed E-state index contributed by atoms with van der Waals surface area (Å²) in [5, 5.41) is 1.33. The maximum absolute atomic E-state index is 14.1. The molecule has 3 N–H and O–H groups in total. The van der Waals surface area contributed by atoms with Crippen LogP contribution in [0.5, 0.6) is 0 Å². The molecule has 1 heterocycles. The number of fused-ring (bicyclic) bond motifs is 1. The minimum atomic E-state index is -0.452. The van der Waals surface area contributed by atoms with E-state index in [1.54, 1.807) is 18.3 Å². The fourth-order valence-electron chi connectivity index (χ4n) is 2.37. The second-order valence-electron chi connectivity index (χ2n) is 4.72. The summed E-state index contributed by atoms with van der Waals surface area (Å²) in [5.41, 5.74) is 4.85. The van der Waals surface area contributed by atoms with Crippen LogP contribution >= 0.6 is 11.6 Å². The molecule has 1 unspecified atom stereocenters. The van der Waals surface area contributed by atoms with Crippen LogP contribution < -0.4 is 11.3 Å². The molecular formula is C16H13ClFN3. The number of hydrogen-bond acceptors (Lipinski definition) is 3. The molecule has 3 nitrogen and oxygen atoms in total. The van der Waals surface area contributed by atoms with Crippen LogP contribution in [0.4, 0.5) is 4.39 Å². The van der Waals surface area contributed by atoms with Gasteiger partial charge < -0.3 is 0 Å². The van der Waals surface area contributed by atoms with Gasteiger partial charge in [0, 0.05) is 22.2 Å². The van der Waals surface area contributed by atoms with Gasteiger partial charge in [-0.15, -0.1) is 0 Å². The number of hydrogen-bond donors (Lipinski definition) is 2. The fourth-order valence-corrected chi connectivity index (χ4v) is 2.53. The molecule has 0 amide bonds. The zero-order valence-corrected chi connectivity index (χ0v) is 11.8. The van der Waals surface area contributed by atoms with Crippen LogP contribution in [0.3, 0.4) is 0 Å². The molecule has 0 spiro atoms. The van der Waals surface area contributed by atoms with Crippen molar-refractivity contribution < 1.29 is 4.39 Å². The lowest BCUT2D eigenvalue weighted by molar-refractivity contribution is 0.560. The van der Waals surface area contributed by atoms with E-state index < -0.39 is 11.9 Å².